The molecule has 8 heteroatoms. The second-order valence-electron chi connectivity index (χ2n) is 9.75. The minimum Gasteiger partial charge on any atom is -0.356 e. The SMILES string of the molecule is CCN(CC)C1Cc2c([nH]c3ccc(C(=O)c4ccccc4Br)cc23)C(OS(=O)(=O)c2ccc(C)cc2)C1. The van der Waals surface area contributed by atoms with Gasteiger partial charge in [0.15, 0.2) is 5.78 Å². The third-order valence-electron chi connectivity index (χ3n) is 7.45. The van der Waals surface area contributed by atoms with Gasteiger partial charge in [-0.3, -0.25) is 8.98 Å². The van der Waals surface area contributed by atoms with Gasteiger partial charge in [0.1, 0.15) is 6.10 Å². The van der Waals surface area contributed by atoms with Gasteiger partial charge in [-0.05, 0) is 80.9 Å². The maximum Gasteiger partial charge on any atom is 0.297 e. The molecule has 1 heterocycles. The zero-order chi connectivity index (χ0) is 27.0. The van der Waals surface area contributed by atoms with Crippen LogP contribution in [0.3, 0.4) is 0 Å². The van der Waals surface area contributed by atoms with E-state index in [1.807, 2.05) is 43.3 Å². The Morgan fingerprint density at radius 3 is 2.45 bits per heavy atom. The van der Waals surface area contributed by atoms with Crippen molar-refractivity contribution in [3.63, 3.8) is 0 Å². The van der Waals surface area contributed by atoms with Gasteiger partial charge in [-0.2, -0.15) is 8.42 Å². The lowest BCUT2D eigenvalue weighted by Crippen LogP contribution is -2.40. The maximum atomic E-state index is 13.3. The summed E-state index contributed by atoms with van der Waals surface area (Å²) in [4.78, 5) is 19.3. The number of benzene rings is 3. The van der Waals surface area contributed by atoms with Crippen LogP contribution in [0.5, 0.6) is 0 Å². The van der Waals surface area contributed by atoms with E-state index in [2.05, 4.69) is 39.7 Å². The number of ketones is 1. The van der Waals surface area contributed by atoms with Crippen LogP contribution in [0.2, 0.25) is 0 Å². The third-order valence-corrected chi connectivity index (χ3v) is 9.48. The van der Waals surface area contributed by atoms with Gasteiger partial charge in [0, 0.05) is 32.5 Å². The number of halogens is 1. The number of hydrogen-bond donors (Lipinski definition) is 1. The second-order valence-corrected chi connectivity index (χ2v) is 12.2. The number of nitrogens with zero attached hydrogens (tertiary/aromatic N) is 1. The molecular weight excluding hydrogens is 564 g/mol. The second kappa shape index (κ2) is 10.8. The number of H-pyrrole nitrogens is 1. The number of aromatic nitrogens is 1. The minimum absolute atomic E-state index is 0.0693. The smallest absolute Gasteiger partial charge is 0.297 e. The number of fused-ring (bicyclic) bond motifs is 3. The van der Waals surface area contributed by atoms with Crippen molar-refractivity contribution in [1.82, 2.24) is 9.88 Å². The van der Waals surface area contributed by atoms with Crippen LogP contribution in [0.1, 0.15) is 59.1 Å². The highest BCUT2D eigenvalue weighted by Crippen LogP contribution is 2.40. The van der Waals surface area contributed by atoms with Crippen molar-refractivity contribution in [1.29, 1.82) is 0 Å². The largest absolute Gasteiger partial charge is 0.356 e. The molecule has 0 saturated carbocycles. The van der Waals surface area contributed by atoms with Gasteiger partial charge in [0.25, 0.3) is 10.1 Å². The van der Waals surface area contributed by atoms with Crippen molar-refractivity contribution in [2.24, 2.45) is 0 Å². The highest BCUT2D eigenvalue weighted by Gasteiger charge is 2.36. The maximum absolute atomic E-state index is 13.3. The van der Waals surface area contributed by atoms with Gasteiger partial charge in [-0.1, -0.05) is 59.6 Å². The Balaban J connectivity index is 1.57. The van der Waals surface area contributed by atoms with Crippen molar-refractivity contribution in [3.05, 3.63) is 99.2 Å². The first kappa shape index (κ1) is 26.8. The lowest BCUT2D eigenvalue weighted by molar-refractivity contribution is 0.103. The van der Waals surface area contributed by atoms with E-state index in [4.69, 9.17) is 4.18 Å². The highest BCUT2D eigenvalue weighted by molar-refractivity contribution is 9.10. The molecule has 3 aromatic carbocycles. The van der Waals surface area contributed by atoms with Crippen molar-refractivity contribution in [2.45, 2.75) is 50.7 Å². The van der Waals surface area contributed by atoms with Crippen LogP contribution >= 0.6 is 15.9 Å². The fraction of sp³-hybridized carbons (Fsp3) is 0.300. The molecule has 0 fully saturated rings. The minimum atomic E-state index is -3.98. The monoisotopic (exact) mass is 594 g/mol. The van der Waals surface area contributed by atoms with Gasteiger partial charge in [0.05, 0.1) is 10.6 Å². The zero-order valence-electron chi connectivity index (χ0n) is 21.7. The fourth-order valence-electron chi connectivity index (χ4n) is 5.41. The molecular formula is C30H31BrN2O4S. The van der Waals surface area contributed by atoms with E-state index in [1.165, 1.54) is 0 Å². The van der Waals surface area contributed by atoms with Crippen LogP contribution in [0.25, 0.3) is 10.9 Å². The summed E-state index contributed by atoms with van der Waals surface area (Å²) in [5.74, 6) is -0.0693. The first-order valence-electron chi connectivity index (χ1n) is 12.9. The Morgan fingerprint density at radius 1 is 1.05 bits per heavy atom. The molecule has 0 saturated heterocycles. The predicted molar refractivity (Wildman–Crippen MR) is 153 cm³/mol. The molecule has 198 valence electrons. The Morgan fingerprint density at radius 2 is 1.76 bits per heavy atom. The quantitative estimate of drug-likeness (QED) is 0.184. The van der Waals surface area contributed by atoms with E-state index in [1.54, 1.807) is 30.3 Å². The predicted octanol–water partition coefficient (Wildman–Crippen LogP) is 6.57. The van der Waals surface area contributed by atoms with Crippen molar-refractivity contribution >= 4 is 42.7 Å². The van der Waals surface area contributed by atoms with Gasteiger partial charge in [-0.25, -0.2) is 0 Å². The van der Waals surface area contributed by atoms with Crippen LogP contribution in [-0.4, -0.2) is 43.2 Å². The molecule has 6 nitrogen and oxygen atoms in total. The van der Waals surface area contributed by atoms with E-state index in [-0.39, 0.29) is 16.7 Å². The molecule has 0 amide bonds. The topological polar surface area (TPSA) is 79.5 Å². The number of carbonyl (C=O) groups is 1. The van der Waals surface area contributed by atoms with Crippen molar-refractivity contribution in [3.8, 4) is 0 Å². The van der Waals surface area contributed by atoms with Crippen LogP contribution < -0.4 is 0 Å². The van der Waals surface area contributed by atoms with Crippen LogP contribution in [0.15, 0.2) is 76.1 Å². The first-order chi connectivity index (χ1) is 18.2. The van der Waals surface area contributed by atoms with Crippen molar-refractivity contribution in [2.75, 3.05) is 13.1 Å². The Kier molecular flexibility index (Phi) is 7.60. The average Bonchev–Trinajstić information content (AvgIpc) is 3.28. The highest BCUT2D eigenvalue weighted by atomic mass is 79.9. The molecule has 2 unspecified atom stereocenters. The number of aryl methyl sites for hydroxylation is 1. The molecule has 5 rings (SSSR count). The summed E-state index contributed by atoms with van der Waals surface area (Å²) >= 11 is 3.49. The molecule has 0 spiro atoms. The number of nitrogens with one attached hydrogen (secondary N) is 1. The summed E-state index contributed by atoms with van der Waals surface area (Å²) in [6.07, 6.45) is 0.634. The number of carbonyl (C=O) groups excluding carboxylic acids is 1. The van der Waals surface area contributed by atoms with Crippen LogP contribution in [-0.2, 0) is 20.7 Å². The summed E-state index contributed by atoms with van der Waals surface area (Å²) in [6, 6.07) is 19.8. The lowest BCUT2D eigenvalue weighted by Gasteiger charge is -2.36. The first-order valence-corrected chi connectivity index (χ1v) is 15.1. The van der Waals surface area contributed by atoms with Gasteiger partial charge in [0.2, 0.25) is 0 Å². The molecule has 2 atom stereocenters. The third kappa shape index (κ3) is 5.10. The summed E-state index contributed by atoms with van der Waals surface area (Å²) in [7, 11) is -3.98. The molecule has 1 N–H and O–H groups in total. The summed E-state index contributed by atoms with van der Waals surface area (Å²) in [5, 5.41) is 0.927. The molecule has 0 aliphatic heterocycles. The molecule has 0 bridgehead atoms. The summed E-state index contributed by atoms with van der Waals surface area (Å²) in [6.45, 7) is 7.84. The number of aromatic amines is 1. The van der Waals surface area contributed by atoms with Gasteiger partial charge >= 0.3 is 0 Å². The van der Waals surface area contributed by atoms with E-state index in [0.29, 0.717) is 17.5 Å². The average molecular weight is 596 g/mol. The van der Waals surface area contributed by atoms with Gasteiger partial charge < -0.3 is 9.88 Å². The van der Waals surface area contributed by atoms with Crippen LogP contribution in [0.4, 0.5) is 0 Å². The van der Waals surface area contributed by atoms with E-state index in [9.17, 15) is 13.2 Å². The molecule has 1 aromatic heterocycles. The lowest BCUT2D eigenvalue weighted by atomic mass is 9.88. The number of hydrogen-bond acceptors (Lipinski definition) is 5. The Hall–Kier alpha value is -2.78. The normalized spacial score (nSPS) is 17.6. The van der Waals surface area contributed by atoms with Crippen molar-refractivity contribution < 1.29 is 17.4 Å². The molecule has 1 aliphatic rings. The Bertz CT molecular complexity index is 1590. The standard InChI is InChI=1S/C30H31BrN2O4S/c1-4-33(5-2)21-17-25-24-16-20(30(34)23-8-6-7-9-26(23)31)12-15-27(24)32-29(25)28(18-21)37-38(35,36)22-13-10-19(3)11-14-22/h6-16,21,28,32H,4-5,17-18H2,1-3H3. The van der Waals surface area contributed by atoms with Gasteiger partial charge in [-0.15, -0.1) is 0 Å². The Labute approximate surface area is 232 Å². The molecule has 38 heavy (non-hydrogen) atoms. The van der Waals surface area contributed by atoms with E-state index in [0.717, 1.165) is 51.7 Å². The molecule has 4 aromatic rings. The fourth-order valence-corrected chi connectivity index (χ4v) is 6.93. The van der Waals surface area contributed by atoms with E-state index >= 15 is 0 Å². The zero-order valence-corrected chi connectivity index (χ0v) is 24.1. The summed E-state index contributed by atoms with van der Waals surface area (Å²) < 4.78 is 33.3. The molecule has 1 aliphatic carbocycles. The molecule has 0 radical (unpaired) electrons. The van der Waals surface area contributed by atoms with E-state index < -0.39 is 16.2 Å². The summed E-state index contributed by atoms with van der Waals surface area (Å²) in [5.41, 5.74) is 4.80. The number of rotatable bonds is 8. The number of likely N-dealkylation sites (N-methyl/N-ethyl adjacent to an activating group) is 1. The van der Waals surface area contributed by atoms with Crippen LogP contribution in [0, 0.1) is 6.92 Å².